The molecular formula is C14H14F3N5O2. The van der Waals surface area contributed by atoms with Crippen LogP contribution in [-0.2, 0) is 12.6 Å². The predicted molar refractivity (Wildman–Crippen MR) is 75.6 cm³/mol. The molecule has 2 rings (SSSR count). The molecule has 128 valence electrons. The Balaban J connectivity index is 2.08. The van der Waals surface area contributed by atoms with E-state index in [1.165, 1.54) is 25.5 Å². The SMILES string of the molecule is Cn1ccnc1C(O)(CCNC(=O)c1cc(C#N)c[nH]1)C(F)(F)F. The van der Waals surface area contributed by atoms with E-state index < -0.39 is 36.5 Å². The zero-order chi connectivity index (χ0) is 18.0. The van der Waals surface area contributed by atoms with Crippen molar-refractivity contribution >= 4 is 5.91 Å². The summed E-state index contributed by atoms with van der Waals surface area (Å²) in [6.45, 7) is -0.442. The molecular weight excluding hydrogens is 327 g/mol. The van der Waals surface area contributed by atoms with Gasteiger partial charge in [-0.1, -0.05) is 0 Å². The summed E-state index contributed by atoms with van der Waals surface area (Å²) in [6.07, 6.45) is -2.04. The van der Waals surface area contributed by atoms with E-state index in [1.54, 1.807) is 0 Å². The third kappa shape index (κ3) is 3.26. The molecule has 0 aliphatic carbocycles. The van der Waals surface area contributed by atoms with Gasteiger partial charge in [0.05, 0.1) is 5.56 Å². The summed E-state index contributed by atoms with van der Waals surface area (Å²) < 4.78 is 40.9. The van der Waals surface area contributed by atoms with Gasteiger partial charge in [-0.3, -0.25) is 4.79 Å². The Morgan fingerprint density at radius 3 is 2.75 bits per heavy atom. The van der Waals surface area contributed by atoms with Crippen LogP contribution >= 0.6 is 0 Å². The number of carbonyl (C=O) groups excluding carboxylic acids is 1. The number of aryl methyl sites for hydroxylation is 1. The summed E-state index contributed by atoms with van der Waals surface area (Å²) >= 11 is 0. The van der Waals surface area contributed by atoms with Crippen molar-refractivity contribution in [3.63, 3.8) is 0 Å². The molecule has 0 saturated heterocycles. The molecule has 2 aromatic rings. The first kappa shape index (κ1) is 17.6. The molecule has 0 bridgehead atoms. The summed E-state index contributed by atoms with van der Waals surface area (Å²) in [6, 6.07) is 3.08. The van der Waals surface area contributed by atoms with E-state index in [0.29, 0.717) is 0 Å². The van der Waals surface area contributed by atoms with E-state index >= 15 is 0 Å². The number of carbonyl (C=O) groups is 1. The molecule has 0 aromatic carbocycles. The lowest BCUT2D eigenvalue weighted by Crippen LogP contribution is -2.46. The van der Waals surface area contributed by atoms with Crippen LogP contribution in [0, 0.1) is 11.3 Å². The number of rotatable bonds is 5. The molecule has 0 radical (unpaired) electrons. The molecule has 24 heavy (non-hydrogen) atoms. The molecule has 1 unspecified atom stereocenters. The first-order chi connectivity index (χ1) is 11.2. The highest BCUT2D eigenvalue weighted by Gasteiger charge is 2.57. The maximum absolute atomic E-state index is 13.3. The largest absolute Gasteiger partial charge is 0.424 e. The van der Waals surface area contributed by atoms with Crippen LogP contribution in [0.2, 0.25) is 0 Å². The van der Waals surface area contributed by atoms with Crippen molar-refractivity contribution < 1.29 is 23.1 Å². The molecule has 7 nitrogen and oxygen atoms in total. The second kappa shape index (κ2) is 6.37. The minimum atomic E-state index is -4.96. The van der Waals surface area contributed by atoms with Gasteiger partial charge in [-0.15, -0.1) is 0 Å². The van der Waals surface area contributed by atoms with Gasteiger partial charge in [0, 0.05) is 38.6 Å². The van der Waals surface area contributed by atoms with Crippen LogP contribution in [0.1, 0.15) is 28.3 Å². The van der Waals surface area contributed by atoms with Crippen molar-refractivity contribution in [3.05, 3.63) is 41.7 Å². The number of nitriles is 1. The van der Waals surface area contributed by atoms with E-state index in [9.17, 15) is 23.1 Å². The molecule has 0 aliphatic rings. The van der Waals surface area contributed by atoms with Crippen molar-refractivity contribution in [2.45, 2.75) is 18.2 Å². The Bertz CT molecular complexity index is 774. The minimum absolute atomic E-state index is 0.0408. The number of hydrogen-bond acceptors (Lipinski definition) is 4. The standard InChI is InChI=1S/C14H14F3N5O2/c1-22-5-4-20-12(22)13(24,14(15,16)17)2-3-19-11(23)10-6-9(7-18)8-21-10/h4-6,8,21,24H,2-3H2,1H3,(H,19,23). The van der Waals surface area contributed by atoms with E-state index in [4.69, 9.17) is 5.26 Å². The van der Waals surface area contributed by atoms with Crippen molar-refractivity contribution in [1.82, 2.24) is 19.9 Å². The third-order valence-electron chi connectivity index (χ3n) is 3.49. The number of halogens is 3. The van der Waals surface area contributed by atoms with E-state index in [-0.39, 0.29) is 11.3 Å². The predicted octanol–water partition coefficient (Wildman–Crippen LogP) is 1.19. The summed E-state index contributed by atoms with van der Waals surface area (Å²) in [7, 11) is 1.33. The Hall–Kier alpha value is -2.80. The minimum Gasteiger partial charge on any atom is -0.374 e. The number of H-pyrrole nitrogens is 1. The lowest BCUT2D eigenvalue weighted by Gasteiger charge is -2.29. The average Bonchev–Trinajstić information content (AvgIpc) is 3.14. The number of aromatic amines is 1. The lowest BCUT2D eigenvalue weighted by atomic mass is 9.97. The van der Waals surface area contributed by atoms with Gasteiger partial charge in [-0.05, 0) is 6.07 Å². The monoisotopic (exact) mass is 341 g/mol. The molecule has 0 spiro atoms. The lowest BCUT2D eigenvalue weighted by molar-refractivity contribution is -0.272. The summed E-state index contributed by atoms with van der Waals surface area (Å²) in [5.41, 5.74) is -2.93. The summed E-state index contributed by atoms with van der Waals surface area (Å²) in [5, 5.41) is 21.0. The molecule has 2 heterocycles. The molecule has 2 aromatic heterocycles. The van der Waals surface area contributed by atoms with Crippen LogP contribution in [0.15, 0.2) is 24.7 Å². The van der Waals surface area contributed by atoms with E-state index in [2.05, 4.69) is 15.3 Å². The van der Waals surface area contributed by atoms with Crippen molar-refractivity contribution in [2.24, 2.45) is 7.05 Å². The Labute approximate surface area is 134 Å². The van der Waals surface area contributed by atoms with Gasteiger partial charge in [0.2, 0.25) is 5.60 Å². The molecule has 3 N–H and O–H groups in total. The number of imidazole rings is 1. The van der Waals surface area contributed by atoms with Crippen LogP contribution in [0.4, 0.5) is 13.2 Å². The molecule has 1 amide bonds. The highest BCUT2D eigenvalue weighted by Crippen LogP contribution is 2.40. The zero-order valence-corrected chi connectivity index (χ0v) is 12.6. The number of nitrogens with one attached hydrogen (secondary N) is 2. The van der Waals surface area contributed by atoms with E-state index in [1.807, 2.05) is 6.07 Å². The summed E-state index contributed by atoms with van der Waals surface area (Å²) in [5.74, 6) is -1.24. The van der Waals surface area contributed by atoms with Crippen molar-refractivity contribution in [3.8, 4) is 6.07 Å². The number of amides is 1. The van der Waals surface area contributed by atoms with Gasteiger partial charge in [0.25, 0.3) is 5.91 Å². The quantitative estimate of drug-likeness (QED) is 0.759. The van der Waals surface area contributed by atoms with E-state index in [0.717, 1.165) is 10.8 Å². The Morgan fingerprint density at radius 2 is 2.25 bits per heavy atom. The zero-order valence-electron chi connectivity index (χ0n) is 12.6. The van der Waals surface area contributed by atoms with Crippen molar-refractivity contribution in [1.29, 1.82) is 5.26 Å². The fraction of sp³-hybridized carbons (Fsp3) is 0.357. The molecule has 10 heteroatoms. The second-order valence-corrected chi connectivity index (χ2v) is 5.14. The van der Waals surface area contributed by atoms with Gasteiger partial charge in [0.1, 0.15) is 17.6 Å². The Kier molecular flexibility index (Phi) is 4.66. The highest BCUT2D eigenvalue weighted by molar-refractivity contribution is 5.92. The third-order valence-corrected chi connectivity index (χ3v) is 3.49. The number of alkyl halides is 3. The fourth-order valence-electron chi connectivity index (χ4n) is 2.19. The van der Waals surface area contributed by atoms with Crippen LogP contribution < -0.4 is 5.32 Å². The first-order valence-corrected chi connectivity index (χ1v) is 6.82. The number of aromatic nitrogens is 3. The van der Waals surface area contributed by atoms with Crippen LogP contribution in [0.5, 0.6) is 0 Å². The topological polar surface area (TPSA) is 107 Å². The maximum Gasteiger partial charge on any atom is 0.424 e. The number of aliphatic hydroxyl groups is 1. The first-order valence-electron chi connectivity index (χ1n) is 6.82. The molecule has 1 atom stereocenters. The summed E-state index contributed by atoms with van der Waals surface area (Å²) in [4.78, 5) is 17.9. The van der Waals surface area contributed by atoms with Crippen LogP contribution in [0.25, 0.3) is 0 Å². The van der Waals surface area contributed by atoms with Gasteiger partial charge < -0.3 is 20.0 Å². The molecule has 0 saturated carbocycles. The molecule has 0 aliphatic heterocycles. The highest BCUT2D eigenvalue weighted by atomic mass is 19.4. The van der Waals surface area contributed by atoms with Crippen LogP contribution in [0.3, 0.4) is 0 Å². The Morgan fingerprint density at radius 1 is 1.54 bits per heavy atom. The maximum atomic E-state index is 13.3. The molecule has 0 fully saturated rings. The smallest absolute Gasteiger partial charge is 0.374 e. The number of hydrogen-bond donors (Lipinski definition) is 3. The van der Waals surface area contributed by atoms with Gasteiger partial charge in [-0.2, -0.15) is 18.4 Å². The van der Waals surface area contributed by atoms with Gasteiger partial charge in [-0.25, -0.2) is 4.98 Å². The average molecular weight is 341 g/mol. The normalized spacial score (nSPS) is 14.0. The number of nitrogens with zero attached hydrogens (tertiary/aromatic N) is 3. The van der Waals surface area contributed by atoms with Gasteiger partial charge >= 0.3 is 6.18 Å². The fourth-order valence-corrected chi connectivity index (χ4v) is 2.19. The second-order valence-electron chi connectivity index (χ2n) is 5.14. The van der Waals surface area contributed by atoms with Crippen LogP contribution in [-0.4, -0.2) is 38.3 Å². The van der Waals surface area contributed by atoms with Gasteiger partial charge in [0.15, 0.2) is 0 Å². The van der Waals surface area contributed by atoms with Crippen molar-refractivity contribution in [2.75, 3.05) is 6.54 Å².